The molecule has 2 aromatic rings. The maximum Gasteiger partial charge on any atom is 0.225 e. The van der Waals surface area contributed by atoms with Crippen LogP contribution in [0, 0.1) is 11.7 Å². The molecule has 8 heteroatoms. The molecule has 0 unspecified atom stereocenters. The molecular weight excluding hydrogens is 433 g/mol. The van der Waals surface area contributed by atoms with Gasteiger partial charge < -0.3 is 15.4 Å². The van der Waals surface area contributed by atoms with Crippen molar-refractivity contribution in [1.29, 1.82) is 0 Å². The van der Waals surface area contributed by atoms with Gasteiger partial charge in [-0.15, -0.1) is 0 Å². The number of likely N-dealkylation sites (tertiary alicyclic amines) is 2. The molecule has 180 valence electrons. The normalized spacial score (nSPS) is 21.9. The minimum Gasteiger partial charge on any atom is -0.486 e. The zero-order valence-corrected chi connectivity index (χ0v) is 19.7. The molecule has 3 aliphatic rings. The Labute approximate surface area is 199 Å². The molecule has 0 aliphatic carbocycles. The number of carbonyl (C=O) groups excluding carboxylic acids is 1. The summed E-state index contributed by atoms with van der Waals surface area (Å²) in [6, 6.07) is 8.53. The van der Waals surface area contributed by atoms with Crippen molar-refractivity contribution in [1.82, 2.24) is 14.8 Å². The second-order valence-corrected chi connectivity index (χ2v) is 9.74. The monoisotopic (exact) mass is 465 g/mol. The fourth-order valence-electron chi connectivity index (χ4n) is 5.55. The van der Waals surface area contributed by atoms with Gasteiger partial charge in [0, 0.05) is 69.3 Å². The number of nitrogens with two attached hydrogens (primary N) is 1. The molecule has 2 saturated heterocycles. The molecule has 1 spiro atoms. The number of amides is 1. The standard InChI is InChI=1S/C26H32FN5O2/c1-29-22-16-26(34-23-3-2-20(27)15-21(22)23)7-12-32(13-8-26)25(33)19-5-10-31(11-6-19)17-18-4-9-30-24(28)14-18/h2-4,9,14-15,19H,5-8,10-13,16-17H2,1H3,(H2,28,30). The van der Waals surface area contributed by atoms with Crippen molar-refractivity contribution in [2.45, 2.75) is 44.2 Å². The quantitative estimate of drug-likeness (QED) is 0.752. The second kappa shape index (κ2) is 9.33. The highest BCUT2D eigenvalue weighted by Crippen LogP contribution is 2.40. The minimum atomic E-state index is -0.369. The summed E-state index contributed by atoms with van der Waals surface area (Å²) >= 11 is 0. The molecule has 5 rings (SSSR count). The number of pyridine rings is 1. The molecule has 1 aromatic carbocycles. The van der Waals surface area contributed by atoms with Crippen LogP contribution in [-0.2, 0) is 11.3 Å². The number of benzene rings is 1. The van der Waals surface area contributed by atoms with Crippen molar-refractivity contribution in [3.05, 3.63) is 53.5 Å². The van der Waals surface area contributed by atoms with Crippen LogP contribution in [0.2, 0.25) is 0 Å². The SMILES string of the molecule is CN=C1CC2(CCN(C(=O)C3CCN(Cc4ccnc(N)c4)CC3)CC2)Oc2ccc(F)cc21. The number of ether oxygens (including phenoxy) is 1. The summed E-state index contributed by atoms with van der Waals surface area (Å²) < 4.78 is 20.1. The first-order chi connectivity index (χ1) is 16.4. The number of rotatable bonds is 3. The number of hydrogen-bond acceptors (Lipinski definition) is 6. The third-order valence-electron chi connectivity index (χ3n) is 7.51. The predicted octanol–water partition coefficient (Wildman–Crippen LogP) is 3.28. The number of nitrogen functional groups attached to an aromatic ring is 1. The highest BCUT2D eigenvalue weighted by Gasteiger charge is 2.43. The van der Waals surface area contributed by atoms with Gasteiger partial charge in [0.05, 0.1) is 0 Å². The molecule has 1 amide bonds. The number of fused-ring (bicyclic) bond motifs is 1. The van der Waals surface area contributed by atoms with Crippen LogP contribution in [0.15, 0.2) is 41.5 Å². The largest absolute Gasteiger partial charge is 0.486 e. The smallest absolute Gasteiger partial charge is 0.225 e. The lowest BCUT2D eigenvalue weighted by Gasteiger charge is -2.45. The van der Waals surface area contributed by atoms with E-state index in [1.807, 2.05) is 17.0 Å². The molecule has 7 nitrogen and oxygen atoms in total. The molecule has 3 aliphatic heterocycles. The van der Waals surface area contributed by atoms with E-state index in [0.29, 0.717) is 31.1 Å². The first kappa shape index (κ1) is 22.8. The van der Waals surface area contributed by atoms with Crippen LogP contribution in [0.1, 0.15) is 43.2 Å². The lowest BCUT2D eigenvalue weighted by molar-refractivity contribution is -0.140. The van der Waals surface area contributed by atoms with Crippen molar-refractivity contribution in [2.24, 2.45) is 10.9 Å². The van der Waals surface area contributed by atoms with Crippen LogP contribution in [0.4, 0.5) is 10.2 Å². The number of halogens is 1. The number of aromatic nitrogens is 1. The molecule has 0 bridgehead atoms. The van der Waals surface area contributed by atoms with E-state index in [-0.39, 0.29) is 23.2 Å². The highest BCUT2D eigenvalue weighted by molar-refractivity contribution is 6.04. The Kier molecular flexibility index (Phi) is 6.25. The molecule has 1 aromatic heterocycles. The zero-order valence-electron chi connectivity index (χ0n) is 19.7. The van der Waals surface area contributed by atoms with Gasteiger partial charge in [-0.3, -0.25) is 14.7 Å². The summed E-state index contributed by atoms with van der Waals surface area (Å²) in [5.41, 5.74) is 8.21. The van der Waals surface area contributed by atoms with Gasteiger partial charge in [-0.1, -0.05) is 0 Å². The van der Waals surface area contributed by atoms with Crippen LogP contribution in [0.25, 0.3) is 0 Å². The van der Waals surface area contributed by atoms with E-state index in [4.69, 9.17) is 10.5 Å². The lowest BCUT2D eigenvalue weighted by Crippen LogP contribution is -2.53. The van der Waals surface area contributed by atoms with Gasteiger partial charge in [-0.2, -0.15) is 0 Å². The predicted molar refractivity (Wildman–Crippen MR) is 129 cm³/mol. The van der Waals surface area contributed by atoms with Crippen LogP contribution in [-0.4, -0.2) is 65.2 Å². The Morgan fingerprint density at radius 3 is 2.68 bits per heavy atom. The molecule has 2 fully saturated rings. The topological polar surface area (TPSA) is 84.1 Å². The second-order valence-electron chi connectivity index (χ2n) is 9.74. The number of hydrogen-bond donors (Lipinski definition) is 1. The van der Waals surface area contributed by atoms with Gasteiger partial charge in [-0.25, -0.2) is 9.37 Å². The van der Waals surface area contributed by atoms with E-state index >= 15 is 0 Å². The van der Waals surface area contributed by atoms with Crippen molar-refractivity contribution < 1.29 is 13.9 Å². The average molecular weight is 466 g/mol. The number of piperidine rings is 2. The van der Waals surface area contributed by atoms with Crippen LogP contribution >= 0.6 is 0 Å². The van der Waals surface area contributed by atoms with Crippen molar-refractivity contribution >= 4 is 17.4 Å². The maximum atomic E-state index is 13.7. The summed E-state index contributed by atoms with van der Waals surface area (Å²) in [6.07, 6.45) is 5.67. The van der Waals surface area contributed by atoms with Gasteiger partial charge in [0.2, 0.25) is 5.91 Å². The van der Waals surface area contributed by atoms with E-state index in [9.17, 15) is 9.18 Å². The van der Waals surface area contributed by atoms with Crippen LogP contribution in [0.3, 0.4) is 0 Å². The minimum absolute atomic E-state index is 0.0801. The maximum absolute atomic E-state index is 13.7. The van der Waals surface area contributed by atoms with E-state index in [1.54, 1.807) is 19.3 Å². The number of anilines is 1. The zero-order chi connectivity index (χ0) is 23.7. The fourth-order valence-corrected chi connectivity index (χ4v) is 5.55. The molecular formula is C26H32FN5O2. The van der Waals surface area contributed by atoms with Crippen molar-refractivity contribution in [3.63, 3.8) is 0 Å². The van der Waals surface area contributed by atoms with Crippen LogP contribution < -0.4 is 10.5 Å². The lowest BCUT2D eigenvalue weighted by atomic mass is 9.81. The summed E-state index contributed by atoms with van der Waals surface area (Å²) in [5, 5.41) is 0. The third-order valence-corrected chi connectivity index (χ3v) is 7.51. The van der Waals surface area contributed by atoms with Gasteiger partial charge in [0.1, 0.15) is 23.0 Å². The van der Waals surface area contributed by atoms with Crippen molar-refractivity contribution in [3.8, 4) is 5.75 Å². The summed E-state index contributed by atoms with van der Waals surface area (Å²) in [7, 11) is 1.75. The molecule has 0 atom stereocenters. The van der Waals surface area contributed by atoms with Gasteiger partial charge in [0.15, 0.2) is 0 Å². The number of carbonyl (C=O) groups is 1. The van der Waals surface area contributed by atoms with Crippen molar-refractivity contribution in [2.75, 3.05) is 39.0 Å². The van der Waals surface area contributed by atoms with E-state index in [1.165, 1.54) is 12.1 Å². The molecule has 0 radical (unpaired) electrons. The Morgan fingerprint density at radius 2 is 1.97 bits per heavy atom. The first-order valence-corrected chi connectivity index (χ1v) is 12.1. The third kappa shape index (κ3) is 4.64. The summed E-state index contributed by atoms with van der Waals surface area (Å²) in [6.45, 7) is 4.02. The Bertz CT molecular complexity index is 1090. The number of nitrogens with zero attached hydrogens (tertiary/aromatic N) is 4. The Hall–Kier alpha value is -3.00. The van der Waals surface area contributed by atoms with Gasteiger partial charge >= 0.3 is 0 Å². The molecule has 4 heterocycles. The van der Waals surface area contributed by atoms with E-state index in [2.05, 4.69) is 14.9 Å². The van der Waals surface area contributed by atoms with Crippen LogP contribution in [0.5, 0.6) is 5.75 Å². The Balaban J connectivity index is 1.16. The van der Waals surface area contributed by atoms with E-state index in [0.717, 1.165) is 62.2 Å². The highest BCUT2D eigenvalue weighted by atomic mass is 19.1. The number of aliphatic imine (C=N–C) groups is 1. The van der Waals surface area contributed by atoms with Gasteiger partial charge in [0.25, 0.3) is 0 Å². The summed E-state index contributed by atoms with van der Waals surface area (Å²) in [5.74, 6) is 1.30. The van der Waals surface area contributed by atoms with E-state index < -0.39 is 0 Å². The average Bonchev–Trinajstić information content (AvgIpc) is 2.84. The first-order valence-electron chi connectivity index (χ1n) is 12.1. The molecule has 0 saturated carbocycles. The summed E-state index contributed by atoms with van der Waals surface area (Å²) in [4.78, 5) is 26.1. The van der Waals surface area contributed by atoms with Gasteiger partial charge in [-0.05, 0) is 61.8 Å². The molecule has 34 heavy (non-hydrogen) atoms. The fraction of sp³-hybridized carbons (Fsp3) is 0.500. The Morgan fingerprint density at radius 1 is 1.21 bits per heavy atom. The molecule has 2 N–H and O–H groups in total.